The highest BCUT2D eigenvalue weighted by atomic mass is 32.2. The zero-order valence-corrected chi connectivity index (χ0v) is 16.7. The lowest BCUT2D eigenvalue weighted by molar-refractivity contribution is -0.120. The van der Waals surface area contributed by atoms with E-state index in [1.807, 2.05) is 25.1 Å². The van der Waals surface area contributed by atoms with Crippen LogP contribution >= 0.6 is 23.1 Å². The first kappa shape index (κ1) is 19.2. The van der Waals surface area contributed by atoms with E-state index in [1.165, 1.54) is 49.4 Å². The second kappa shape index (κ2) is 9.92. The van der Waals surface area contributed by atoms with Crippen LogP contribution in [0.1, 0.15) is 44.6 Å². The summed E-state index contributed by atoms with van der Waals surface area (Å²) in [7, 11) is 0. The average molecular weight is 391 g/mol. The summed E-state index contributed by atoms with van der Waals surface area (Å²) >= 11 is 3.02. The van der Waals surface area contributed by atoms with Crippen molar-refractivity contribution in [1.82, 2.24) is 15.5 Å². The van der Waals surface area contributed by atoms with E-state index in [9.17, 15) is 4.79 Å². The Morgan fingerprint density at radius 2 is 2.00 bits per heavy atom. The van der Waals surface area contributed by atoms with Gasteiger partial charge in [-0.05, 0) is 31.7 Å². The number of hydrogen-bond donors (Lipinski definition) is 2. The van der Waals surface area contributed by atoms with E-state index in [1.54, 1.807) is 11.3 Å². The highest BCUT2D eigenvalue weighted by Crippen LogP contribution is 2.30. The summed E-state index contributed by atoms with van der Waals surface area (Å²) in [6.07, 6.45) is 7.19. The molecule has 1 aliphatic carbocycles. The SMILES string of the molecule is CC(Sc1nnc(NC2CCCCC2)s1)C(=O)NCCc1ccccc1. The summed E-state index contributed by atoms with van der Waals surface area (Å²) in [5.74, 6) is 0.0444. The molecule has 1 aromatic heterocycles. The van der Waals surface area contributed by atoms with Crippen molar-refractivity contribution < 1.29 is 4.79 Å². The third-order valence-electron chi connectivity index (χ3n) is 4.54. The molecule has 1 unspecified atom stereocenters. The summed E-state index contributed by atoms with van der Waals surface area (Å²) in [6, 6.07) is 10.7. The van der Waals surface area contributed by atoms with Crippen LogP contribution < -0.4 is 10.6 Å². The van der Waals surface area contributed by atoms with E-state index in [2.05, 4.69) is 33.0 Å². The van der Waals surface area contributed by atoms with Crippen LogP contribution in [0.5, 0.6) is 0 Å². The van der Waals surface area contributed by atoms with Gasteiger partial charge in [0.25, 0.3) is 0 Å². The molecule has 1 aliphatic rings. The van der Waals surface area contributed by atoms with Gasteiger partial charge in [0.2, 0.25) is 11.0 Å². The Morgan fingerprint density at radius 1 is 1.23 bits per heavy atom. The van der Waals surface area contributed by atoms with Crippen LogP contribution in [-0.2, 0) is 11.2 Å². The Kier molecular flexibility index (Phi) is 7.32. The lowest BCUT2D eigenvalue weighted by Gasteiger charge is -2.21. The summed E-state index contributed by atoms with van der Waals surface area (Å²) in [5.41, 5.74) is 1.23. The van der Waals surface area contributed by atoms with Gasteiger partial charge in [-0.1, -0.05) is 72.7 Å². The van der Waals surface area contributed by atoms with Gasteiger partial charge in [0.1, 0.15) is 0 Å². The highest BCUT2D eigenvalue weighted by Gasteiger charge is 2.18. The van der Waals surface area contributed by atoms with E-state index in [4.69, 9.17) is 0 Å². The number of hydrogen-bond acceptors (Lipinski definition) is 6. The monoisotopic (exact) mass is 390 g/mol. The van der Waals surface area contributed by atoms with Crippen molar-refractivity contribution in [2.24, 2.45) is 0 Å². The van der Waals surface area contributed by atoms with Gasteiger partial charge in [0.05, 0.1) is 5.25 Å². The van der Waals surface area contributed by atoms with Crippen LogP contribution in [0.2, 0.25) is 0 Å². The van der Waals surface area contributed by atoms with Crippen molar-refractivity contribution in [1.29, 1.82) is 0 Å². The molecule has 7 heteroatoms. The van der Waals surface area contributed by atoms with Gasteiger partial charge in [-0.2, -0.15) is 0 Å². The Morgan fingerprint density at radius 3 is 2.77 bits per heavy atom. The summed E-state index contributed by atoms with van der Waals surface area (Å²) in [6.45, 7) is 2.57. The Balaban J connectivity index is 1.40. The van der Waals surface area contributed by atoms with E-state index >= 15 is 0 Å². The number of benzene rings is 1. The molecule has 1 heterocycles. The molecule has 1 aromatic carbocycles. The van der Waals surface area contributed by atoms with E-state index < -0.39 is 0 Å². The maximum atomic E-state index is 12.3. The molecule has 1 atom stereocenters. The van der Waals surface area contributed by atoms with Crippen LogP contribution in [0.3, 0.4) is 0 Å². The third-order valence-corrected chi connectivity index (χ3v) is 6.58. The van der Waals surface area contributed by atoms with Crippen molar-refractivity contribution in [2.45, 2.75) is 61.1 Å². The largest absolute Gasteiger partial charge is 0.357 e. The summed E-state index contributed by atoms with van der Waals surface area (Å²) in [5, 5.41) is 15.6. The number of aromatic nitrogens is 2. The zero-order chi connectivity index (χ0) is 18.2. The fourth-order valence-corrected chi connectivity index (χ4v) is 5.06. The Labute approximate surface area is 163 Å². The number of amides is 1. The molecule has 2 aromatic rings. The molecule has 1 saturated carbocycles. The quantitative estimate of drug-likeness (QED) is 0.664. The average Bonchev–Trinajstić information content (AvgIpc) is 3.10. The van der Waals surface area contributed by atoms with Crippen molar-refractivity contribution in [3.8, 4) is 0 Å². The number of rotatable bonds is 8. The van der Waals surface area contributed by atoms with Crippen LogP contribution in [0, 0.1) is 0 Å². The topological polar surface area (TPSA) is 66.9 Å². The summed E-state index contributed by atoms with van der Waals surface area (Å²) in [4.78, 5) is 12.3. The fourth-order valence-electron chi connectivity index (χ4n) is 3.06. The minimum absolute atomic E-state index is 0.0444. The van der Waals surface area contributed by atoms with Gasteiger partial charge in [-0.25, -0.2) is 0 Å². The summed E-state index contributed by atoms with van der Waals surface area (Å²) < 4.78 is 0.842. The first-order chi connectivity index (χ1) is 12.7. The van der Waals surface area contributed by atoms with Gasteiger partial charge in [-0.3, -0.25) is 4.79 Å². The van der Waals surface area contributed by atoms with Crippen LogP contribution in [-0.4, -0.2) is 33.9 Å². The molecule has 140 valence electrons. The minimum atomic E-state index is -0.179. The number of thioether (sulfide) groups is 1. The van der Waals surface area contributed by atoms with Gasteiger partial charge in [-0.15, -0.1) is 10.2 Å². The molecule has 0 spiro atoms. The molecule has 1 amide bonds. The first-order valence-electron chi connectivity index (χ1n) is 9.29. The van der Waals surface area contributed by atoms with Crippen molar-refractivity contribution in [3.63, 3.8) is 0 Å². The lowest BCUT2D eigenvalue weighted by atomic mass is 9.96. The van der Waals surface area contributed by atoms with Gasteiger partial charge in [0, 0.05) is 12.6 Å². The smallest absolute Gasteiger partial charge is 0.233 e. The second-order valence-electron chi connectivity index (χ2n) is 6.64. The number of anilines is 1. The molecule has 5 nitrogen and oxygen atoms in total. The molecule has 0 bridgehead atoms. The van der Waals surface area contributed by atoms with Crippen molar-refractivity contribution >= 4 is 34.1 Å². The number of carbonyl (C=O) groups excluding carboxylic acids is 1. The van der Waals surface area contributed by atoms with E-state index in [0.717, 1.165) is 15.9 Å². The molecule has 2 N–H and O–H groups in total. The predicted octanol–water partition coefficient (Wildman–Crippen LogP) is 4.12. The fraction of sp³-hybridized carbons (Fsp3) is 0.526. The predicted molar refractivity (Wildman–Crippen MR) is 109 cm³/mol. The molecule has 3 rings (SSSR count). The molecule has 0 saturated heterocycles. The number of nitrogens with one attached hydrogen (secondary N) is 2. The first-order valence-corrected chi connectivity index (χ1v) is 11.0. The van der Waals surface area contributed by atoms with Crippen molar-refractivity contribution in [3.05, 3.63) is 35.9 Å². The molecule has 26 heavy (non-hydrogen) atoms. The van der Waals surface area contributed by atoms with Crippen LogP contribution in [0.25, 0.3) is 0 Å². The van der Waals surface area contributed by atoms with Gasteiger partial charge >= 0.3 is 0 Å². The van der Waals surface area contributed by atoms with Crippen LogP contribution in [0.4, 0.5) is 5.13 Å². The molecular weight excluding hydrogens is 364 g/mol. The molecular formula is C19H26N4OS2. The highest BCUT2D eigenvalue weighted by molar-refractivity contribution is 8.02. The molecule has 0 aliphatic heterocycles. The molecule has 1 fully saturated rings. The van der Waals surface area contributed by atoms with E-state index in [-0.39, 0.29) is 11.2 Å². The number of carbonyl (C=O) groups is 1. The van der Waals surface area contributed by atoms with Crippen LogP contribution in [0.15, 0.2) is 34.7 Å². The third kappa shape index (κ3) is 5.99. The Bertz CT molecular complexity index is 686. The maximum Gasteiger partial charge on any atom is 0.233 e. The second-order valence-corrected chi connectivity index (χ2v) is 9.20. The van der Waals surface area contributed by atoms with Gasteiger partial charge in [0.15, 0.2) is 4.34 Å². The zero-order valence-electron chi connectivity index (χ0n) is 15.1. The Hall–Kier alpha value is -1.60. The van der Waals surface area contributed by atoms with Crippen molar-refractivity contribution in [2.75, 3.05) is 11.9 Å². The minimum Gasteiger partial charge on any atom is -0.357 e. The van der Waals surface area contributed by atoms with Gasteiger partial charge < -0.3 is 10.6 Å². The molecule has 0 radical (unpaired) electrons. The maximum absolute atomic E-state index is 12.3. The number of nitrogens with zero attached hydrogens (tertiary/aromatic N) is 2. The standard InChI is InChI=1S/C19H26N4OS2/c1-14(17(24)20-13-12-15-8-4-2-5-9-15)25-19-23-22-18(26-19)21-16-10-6-3-7-11-16/h2,4-5,8-9,14,16H,3,6-7,10-13H2,1H3,(H,20,24)(H,21,22). The lowest BCUT2D eigenvalue weighted by Crippen LogP contribution is -2.32. The van der Waals surface area contributed by atoms with E-state index in [0.29, 0.717) is 12.6 Å². The normalized spacial score (nSPS) is 16.2.